The van der Waals surface area contributed by atoms with Crippen molar-refractivity contribution >= 4 is 12.0 Å². The van der Waals surface area contributed by atoms with Gasteiger partial charge in [-0.2, -0.15) is 0 Å². The van der Waals surface area contributed by atoms with E-state index in [0.29, 0.717) is 18.5 Å². The molecule has 1 fully saturated rings. The minimum atomic E-state index is -1.03. The van der Waals surface area contributed by atoms with Gasteiger partial charge in [0.2, 0.25) is 5.91 Å². The lowest BCUT2D eigenvalue weighted by atomic mass is 9.95. The summed E-state index contributed by atoms with van der Waals surface area (Å²) in [4.78, 5) is 28.2. The second kappa shape index (κ2) is 11.6. The summed E-state index contributed by atoms with van der Waals surface area (Å²) >= 11 is 0. The number of carbonyl (C=O) groups is 2. The van der Waals surface area contributed by atoms with Crippen LogP contribution in [0.15, 0.2) is 48.5 Å². The van der Waals surface area contributed by atoms with Crippen LogP contribution >= 0.6 is 0 Å². The Kier molecular flexibility index (Phi) is 8.83. The molecule has 0 bridgehead atoms. The Labute approximate surface area is 205 Å². The van der Waals surface area contributed by atoms with Crippen LogP contribution in [0.4, 0.5) is 13.6 Å². The predicted molar refractivity (Wildman–Crippen MR) is 131 cm³/mol. The van der Waals surface area contributed by atoms with Crippen LogP contribution in [-0.4, -0.2) is 58.1 Å². The van der Waals surface area contributed by atoms with Crippen LogP contribution in [0.25, 0.3) is 0 Å². The first-order valence-electron chi connectivity index (χ1n) is 12.1. The number of hydrogen-bond acceptors (Lipinski definition) is 3. The highest BCUT2D eigenvalue weighted by Crippen LogP contribution is 2.32. The number of piperidine rings is 1. The highest BCUT2D eigenvalue weighted by atomic mass is 19.1. The van der Waals surface area contributed by atoms with E-state index in [-0.39, 0.29) is 30.0 Å². The molecular weight excluding hydrogens is 452 g/mol. The zero-order valence-corrected chi connectivity index (χ0v) is 20.6. The van der Waals surface area contributed by atoms with Crippen LogP contribution < -0.4 is 5.32 Å². The van der Waals surface area contributed by atoms with E-state index < -0.39 is 17.7 Å². The summed E-state index contributed by atoms with van der Waals surface area (Å²) < 4.78 is 27.0. The number of benzene rings is 2. The van der Waals surface area contributed by atoms with Gasteiger partial charge in [-0.05, 0) is 75.4 Å². The molecule has 1 aliphatic heterocycles. The minimum Gasteiger partial charge on any atom is -0.465 e. The summed E-state index contributed by atoms with van der Waals surface area (Å²) in [5.41, 5.74) is 0.766. The van der Waals surface area contributed by atoms with Crippen LogP contribution in [0.1, 0.15) is 57.2 Å². The van der Waals surface area contributed by atoms with Crippen LogP contribution in [-0.2, 0) is 11.2 Å². The number of amides is 2. The zero-order chi connectivity index (χ0) is 25.6. The second-order valence-corrected chi connectivity index (χ2v) is 10.2. The van der Waals surface area contributed by atoms with Crippen LogP contribution in [0, 0.1) is 11.6 Å². The van der Waals surface area contributed by atoms with E-state index in [1.54, 1.807) is 24.3 Å². The third-order valence-electron chi connectivity index (χ3n) is 6.42. The third kappa shape index (κ3) is 7.75. The molecule has 35 heavy (non-hydrogen) atoms. The maximum Gasteiger partial charge on any atom is 0.408 e. The Hall–Kier alpha value is -3.00. The van der Waals surface area contributed by atoms with Gasteiger partial charge in [-0.3, -0.25) is 9.69 Å². The van der Waals surface area contributed by atoms with Gasteiger partial charge >= 0.3 is 6.09 Å². The molecule has 1 atom stereocenters. The third-order valence-corrected chi connectivity index (χ3v) is 6.42. The Morgan fingerprint density at radius 3 is 2.31 bits per heavy atom. The van der Waals surface area contributed by atoms with Gasteiger partial charge < -0.3 is 15.3 Å². The van der Waals surface area contributed by atoms with Gasteiger partial charge in [0.1, 0.15) is 11.6 Å². The standard InChI is InChI=1S/C27H35F2N3O3/c1-27(2,3)32(26(34)35)24(20-5-4-6-22(29)18-20)13-16-31-14-11-23(12-15-31)30-25(33)17-19-7-9-21(28)10-8-19/h4-10,18,23-24H,11-17H2,1-3H3,(H,30,33)(H,34,35)/t24-/m0/s1. The Morgan fingerprint density at radius 1 is 1.09 bits per heavy atom. The summed E-state index contributed by atoms with van der Waals surface area (Å²) in [5, 5.41) is 13.0. The van der Waals surface area contributed by atoms with Gasteiger partial charge in [0.05, 0.1) is 12.5 Å². The van der Waals surface area contributed by atoms with Gasteiger partial charge in [0.25, 0.3) is 0 Å². The molecule has 0 aromatic heterocycles. The average Bonchev–Trinajstić information content (AvgIpc) is 2.78. The maximum absolute atomic E-state index is 14.0. The van der Waals surface area contributed by atoms with Crippen molar-refractivity contribution in [3.8, 4) is 0 Å². The fourth-order valence-corrected chi connectivity index (χ4v) is 4.72. The summed E-state index contributed by atoms with van der Waals surface area (Å²) in [6.45, 7) is 7.74. The average molecular weight is 488 g/mol. The number of likely N-dealkylation sites (tertiary alicyclic amines) is 1. The van der Waals surface area contributed by atoms with Gasteiger partial charge in [-0.15, -0.1) is 0 Å². The SMILES string of the molecule is CC(C)(C)N(C(=O)O)[C@@H](CCN1CCC(NC(=O)Cc2ccc(F)cc2)CC1)c1cccc(F)c1. The van der Waals surface area contributed by atoms with Crippen molar-refractivity contribution in [2.75, 3.05) is 19.6 Å². The van der Waals surface area contributed by atoms with Gasteiger partial charge in [0, 0.05) is 31.2 Å². The van der Waals surface area contributed by atoms with Gasteiger partial charge in [0.15, 0.2) is 0 Å². The van der Waals surface area contributed by atoms with Gasteiger partial charge in [-0.25, -0.2) is 13.6 Å². The molecule has 2 aromatic carbocycles. The number of halogens is 2. The monoisotopic (exact) mass is 487 g/mol. The molecule has 1 saturated heterocycles. The fourth-order valence-electron chi connectivity index (χ4n) is 4.72. The lowest BCUT2D eigenvalue weighted by Crippen LogP contribution is -2.49. The number of nitrogens with one attached hydrogen (secondary N) is 1. The largest absolute Gasteiger partial charge is 0.465 e. The van der Waals surface area contributed by atoms with Crippen molar-refractivity contribution in [1.29, 1.82) is 0 Å². The Bertz CT molecular complexity index is 999. The highest BCUT2D eigenvalue weighted by molar-refractivity contribution is 5.78. The molecule has 0 unspecified atom stereocenters. The van der Waals surface area contributed by atoms with Crippen LogP contribution in [0.5, 0.6) is 0 Å². The summed E-state index contributed by atoms with van der Waals surface area (Å²) in [5.74, 6) is -0.789. The number of nitrogens with zero attached hydrogens (tertiary/aromatic N) is 2. The van der Waals surface area contributed by atoms with Crippen molar-refractivity contribution < 1.29 is 23.5 Å². The Balaban J connectivity index is 1.56. The molecule has 1 aliphatic rings. The molecule has 2 aromatic rings. The highest BCUT2D eigenvalue weighted by Gasteiger charge is 2.34. The molecule has 1 heterocycles. The predicted octanol–water partition coefficient (Wildman–Crippen LogP) is 5.00. The van der Waals surface area contributed by atoms with Crippen LogP contribution in [0.2, 0.25) is 0 Å². The van der Waals surface area contributed by atoms with Crippen molar-refractivity contribution in [3.05, 3.63) is 71.3 Å². The molecule has 8 heteroatoms. The Morgan fingerprint density at radius 2 is 1.74 bits per heavy atom. The van der Waals surface area contributed by atoms with E-state index in [0.717, 1.165) is 31.5 Å². The quantitative estimate of drug-likeness (QED) is 0.550. The van der Waals surface area contributed by atoms with Crippen molar-refractivity contribution in [1.82, 2.24) is 15.1 Å². The normalized spacial score (nSPS) is 16.0. The van der Waals surface area contributed by atoms with E-state index in [2.05, 4.69) is 10.2 Å². The fraction of sp³-hybridized carbons (Fsp3) is 0.481. The molecule has 2 amide bonds. The lowest BCUT2D eigenvalue weighted by molar-refractivity contribution is -0.121. The summed E-state index contributed by atoms with van der Waals surface area (Å²) in [7, 11) is 0. The second-order valence-electron chi connectivity index (χ2n) is 10.2. The topological polar surface area (TPSA) is 72.9 Å². The molecule has 2 N–H and O–H groups in total. The number of hydrogen-bond donors (Lipinski definition) is 2. The summed E-state index contributed by atoms with van der Waals surface area (Å²) in [6.07, 6.45) is 1.31. The number of carboxylic acid groups (broad SMARTS) is 1. The van der Waals surface area contributed by atoms with E-state index in [9.17, 15) is 23.5 Å². The smallest absolute Gasteiger partial charge is 0.408 e. The lowest BCUT2D eigenvalue weighted by Gasteiger charge is -2.41. The van der Waals surface area contributed by atoms with E-state index in [1.807, 2.05) is 20.8 Å². The molecule has 0 radical (unpaired) electrons. The minimum absolute atomic E-state index is 0.0725. The van der Waals surface area contributed by atoms with E-state index in [4.69, 9.17) is 0 Å². The van der Waals surface area contributed by atoms with Gasteiger partial charge in [-0.1, -0.05) is 24.3 Å². The first-order chi connectivity index (χ1) is 16.5. The van der Waals surface area contributed by atoms with Crippen molar-refractivity contribution in [2.24, 2.45) is 0 Å². The zero-order valence-electron chi connectivity index (χ0n) is 20.6. The number of carbonyl (C=O) groups excluding carboxylic acids is 1. The van der Waals surface area contributed by atoms with E-state index >= 15 is 0 Å². The number of rotatable bonds is 8. The molecule has 0 aliphatic carbocycles. The molecular formula is C27H35F2N3O3. The van der Waals surface area contributed by atoms with Crippen molar-refractivity contribution in [3.63, 3.8) is 0 Å². The van der Waals surface area contributed by atoms with Crippen molar-refractivity contribution in [2.45, 2.75) is 64.1 Å². The first-order valence-corrected chi connectivity index (χ1v) is 12.1. The maximum atomic E-state index is 14.0. The molecule has 6 nitrogen and oxygen atoms in total. The molecule has 3 rings (SSSR count). The first kappa shape index (κ1) is 26.6. The molecule has 190 valence electrons. The van der Waals surface area contributed by atoms with Crippen LogP contribution in [0.3, 0.4) is 0 Å². The van der Waals surface area contributed by atoms with E-state index in [1.165, 1.54) is 29.2 Å². The molecule has 0 spiro atoms. The molecule has 0 saturated carbocycles. The summed E-state index contributed by atoms with van der Waals surface area (Å²) in [6, 6.07) is 11.7.